The van der Waals surface area contributed by atoms with E-state index in [2.05, 4.69) is 20.9 Å². The SMILES string of the molecule is N#Cc1ccc(Br)c(C=O)n1. The number of hydrogen-bond acceptors (Lipinski definition) is 3. The van der Waals surface area contributed by atoms with Gasteiger partial charge in [0, 0.05) is 4.47 Å². The minimum atomic E-state index is 0.246. The standard InChI is InChI=1S/C7H3BrN2O/c8-6-2-1-5(3-9)10-7(6)4-11/h1-2,4H. The first-order valence-electron chi connectivity index (χ1n) is 2.79. The molecule has 4 heteroatoms. The lowest BCUT2D eigenvalue weighted by atomic mass is 10.3. The Labute approximate surface area is 71.8 Å². The second-order valence-corrected chi connectivity index (χ2v) is 2.65. The summed E-state index contributed by atoms with van der Waals surface area (Å²) in [7, 11) is 0. The molecule has 0 saturated carbocycles. The van der Waals surface area contributed by atoms with Crippen molar-refractivity contribution in [3.8, 4) is 6.07 Å². The summed E-state index contributed by atoms with van der Waals surface area (Å²) in [5.74, 6) is 0. The van der Waals surface area contributed by atoms with Crippen molar-refractivity contribution in [3.05, 3.63) is 28.0 Å². The fourth-order valence-corrected chi connectivity index (χ4v) is 0.917. The van der Waals surface area contributed by atoms with Crippen molar-refractivity contribution >= 4 is 22.2 Å². The van der Waals surface area contributed by atoms with Gasteiger partial charge in [0.05, 0.1) is 0 Å². The molecule has 1 rings (SSSR count). The van der Waals surface area contributed by atoms with E-state index in [4.69, 9.17) is 5.26 Å². The van der Waals surface area contributed by atoms with Gasteiger partial charge in [0.2, 0.25) is 0 Å². The summed E-state index contributed by atoms with van der Waals surface area (Å²) < 4.78 is 0.603. The van der Waals surface area contributed by atoms with Crippen LogP contribution in [-0.4, -0.2) is 11.3 Å². The molecule has 0 radical (unpaired) electrons. The number of nitrogens with zero attached hydrogens (tertiary/aromatic N) is 2. The van der Waals surface area contributed by atoms with Gasteiger partial charge in [-0.1, -0.05) is 0 Å². The summed E-state index contributed by atoms with van der Waals surface area (Å²) in [6.45, 7) is 0. The molecule has 0 N–H and O–H groups in total. The third-order valence-corrected chi connectivity index (χ3v) is 1.77. The second-order valence-electron chi connectivity index (χ2n) is 1.79. The number of halogens is 1. The highest BCUT2D eigenvalue weighted by atomic mass is 79.9. The molecule has 54 valence electrons. The zero-order chi connectivity index (χ0) is 8.27. The van der Waals surface area contributed by atoms with Gasteiger partial charge >= 0.3 is 0 Å². The Bertz CT molecular complexity index is 330. The smallest absolute Gasteiger partial charge is 0.169 e. The van der Waals surface area contributed by atoms with Crippen LogP contribution < -0.4 is 0 Å². The van der Waals surface area contributed by atoms with Gasteiger partial charge in [-0.25, -0.2) is 4.98 Å². The number of pyridine rings is 1. The average Bonchev–Trinajstić information content (AvgIpc) is 2.05. The van der Waals surface area contributed by atoms with Crippen LogP contribution in [-0.2, 0) is 0 Å². The summed E-state index contributed by atoms with van der Waals surface area (Å²) in [4.78, 5) is 14.0. The Kier molecular flexibility index (Phi) is 2.34. The summed E-state index contributed by atoms with van der Waals surface area (Å²) in [6.07, 6.45) is 0.602. The number of hydrogen-bond donors (Lipinski definition) is 0. The number of rotatable bonds is 1. The van der Waals surface area contributed by atoms with Gasteiger partial charge in [0.25, 0.3) is 0 Å². The van der Waals surface area contributed by atoms with E-state index in [0.29, 0.717) is 10.8 Å². The van der Waals surface area contributed by atoms with Crippen molar-refractivity contribution in [3.63, 3.8) is 0 Å². The highest BCUT2D eigenvalue weighted by Crippen LogP contribution is 2.12. The highest BCUT2D eigenvalue weighted by Gasteiger charge is 2.00. The van der Waals surface area contributed by atoms with E-state index in [1.165, 1.54) is 6.07 Å². The second kappa shape index (κ2) is 3.26. The molecule has 3 nitrogen and oxygen atoms in total. The molecule has 0 amide bonds. The number of carbonyl (C=O) groups excluding carboxylic acids is 1. The molecular weight excluding hydrogens is 208 g/mol. The maximum absolute atomic E-state index is 10.3. The summed E-state index contributed by atoms with van der Waals surface area (Å²) >= 11 is 3.12. The van der Waals surface area contributed by atoms with Crippen LogP contribution in [0.15, 0.2) is 16.6 Å². The van der Waals surface area contributed by atoms with Gasteiger partial charge in [-0.05, 0) is 28.1 Å². The quantitative estimate of drug-likeness (QED) is 0.661. The van der Waals surface area contributed by atoms with E-state index in [0.717, 1.165) is 0 Å². The van der Waals surface area contributed by atoms with Crippen LogP contribution >= 0.6 is 15.9 Å². The van der Waals surface area contributed by atoms with Crippen molar-refractivity contribution in [2.75, 3.05) is 0 Å². The third-order valence-electron chi connectivity index (χ3n) is 1.10. The van der Waals surface area contributed by atoms with E-state index in [-0.39, 0.29) is 11.4 Å². The van der Waals surface area contributed by atoms with E-state index in [1.807, 2.05) is 6.07 Å². The van der Waals surface area contributed by atoms with Crippen LogP contribution in [0.3, 0.4) is 0 Å². The lowest BCUT2D eigenvalue weighted by Crippen LogP contribution is -1.91. The molecule has 1 heterocycles. The first-order valence-corrected chi connectivity index (χ1v) is 3.59. The highest BCUT2D eigenvalue weighted by molar-refractivity contribution is 9.10. The minimum absolute atomic E-state index is 0.246. The van der Waals surface area contributed by atoms with Crippen molar-refractivity contribution in [1.82, 2.24) is 4.98 Å². The molecule has 0 aliphatic heterocycles. The Morgan fingerprint density at radius 1 is 1.64 bits per heavy atom. The zero-order valence-electron chi connectivity index (χ0n) is 5.41. The largest absolute Gasteiger partial charge is 0.296 e. The maximum atomic E-state index is 10.3. The fraction of sp³-hybridized carbons (Fsp3) is 0. The predicted molar refractivity (Wildman–Crippen MR) is 42.0 cm³/mol. The normalized spacial score (nSPS) is 8.73. The minimum Gasteiger partial charge on any atom is -0.296 e. The van der Waals surface area contributed by atoms with Crippen molar-refractivity contribution in [2.24, 2.45) is 0 Å². The van der Waals surface area contributed by atoms with Gasteiger partial charge in [-0.2, -0.15) is 5.26 Å². The fourth-order valence-electron chi connectivity index (χ4n) is 0.603. The third kappa shape index (κ3) is 1.63. The Balaban J connectivity index is 3.25. The van der Waals surface area contributed by atoms with Gasteiger partial charge < -0.3 is 0 Å². The van der Waals surface area contributed by atoms with Crippen LogP contribution in [0.2, 0.25) is 0 Å². The molecule has 0 atom stereocenters. The van der Waals surface area contributed by atoms with E-state index in [9.17, 15) is 4.79 Å². The lowest BCUT2D eigenvalue weighted by molar-refractivity contribution is 0.111. The molecular formula is C7H3BrN2O. The van der Waals surface area contributed by atoms with Crippen LogP contribution in [0.5, 0.6) is 0 Å². The van der Waals surface area contributed by atoms with Crippen LogP contribution in [0.1, 0.15) is 16.2 Å². The molecule has 11 heavy (non-hydrogen) atoms. The van der Waals surface area contributed by atoms with Gasteiger partial charge in [-0.15, -0.1) is 0 Å². The van der Waals surface area contributed by atoms with Gasteiger partial charge in [-0.3, -0.25) is 4.79 Å². The van der Waals surface area contributed by atoms with Crippen molar-refractivity contribution < 1.29 is 4.79 Å². The number of aldehydes is 1. The van der Waals surface area contributed by atoms with Crippen molar-refractivity contribution in [2.45, 2.75) is 0 Å². The first-order chi connectivity index (χ1) is 5.27. The van der Waals surface area contributed by atoms with Crippen LogP contribution in [0.4, 0.5) is 0 Å². The van der Waals surface area contributed by atoms with Crippen LogP contribution in [0, 0.1) is 11.3 Å². The van der Waals surface area contributed by atoms with Gasteiger partial charge in [0.15, 0.2) is 6.29 Å². The summed E-state index contributed by atoms with van der Waals surface area (Å²) in [5, 5.41) is 8.40. The molecule has 0 unspecified atom stereocenters. The van der Waals surface area contributed by atoms with Crippen molar-refractivity contribution in [1.29, 1.82) is 5.26 Å². The topological polar surface area (TPSA) is 53.8 Å². The zero-order valence-corrected chi connectivity index (χ0v) is 7.00. The Morgan fingerprint density at radius 2 is 2.36 bits per heavy atom. The lowest BCUT2D eigenvalue weighted by Gasteiger charge is -1.93. The average molecular weight is 211 g/mol. The summed E-state index contributed by atoms with van der Waals surface area (Å²) in [5.41, 5.74) is 0.499. The number of aromatic nitrogens is 1. The maximum Gasteiger partial charge on any atom is 0.169 e. The molecule has 0 saturated heterocycles. The van der Waals surface area contributed by atoms with E-state index in [1.54, 1.807) is 6.07 Å². The first kappa shape index (κ1) is 7.89. The monoisotopic (exact) mass is 210 g/mol. The molecule has 0 aliphatic rings. The molecule has 0 spiro atoms. The predicted octanol–water partition coefficient (Wildman–Crippen LogP) is 1.53. The molecule has 0 fully saturated rings. The van der Waals surface area contributed by atoms with E-state index >= 15 is 0 Å². The van der Waals surface area contributed by atoms with Crippen LogP contribution in [0.25, 0.3) is 0 Å². The molecule has 0 bridgehead atoms. The molecule has 1 aromatic rings. The molecule has 0 aromatic carbocycles. The molecule has 0 aliphatic carbocycles. The van der Waals surface area contributed by atoms with Gasteiger partial charge in [0.1, 0.15) is 17.5 Å². The van der Waals surface area contributed by atoms with E-state index < -0.39 is 0 Å². The number of nitriles is 1. The Hall–Kier alpha value is -1.21. The summed E-state index contributed by atoms with van der Waals surface area (Å²) in [6, 6.07) is 5.00. The Morgan fingerprint density at radius 3 is 2.91 bits per heavy atom. The molecule has 1 aromatic heterocycles. The number of carbonyl (C=O) groups is 1.